The summed E-state index contributed by atoms with van der Waals surface area (Å²) >= 11 is 0. The number of aryl methyl sites for hydroxylation is 1. The van der Waals surface area contributed by atoms with Gasteiger partial charge in [-0.3, -0.25) is 19.3 Å². The molecule has 4 fully saturated rings. The predicted octanol–water partition coefficient (Wildman–Crippen LogP) is 5.01. The van der Waals surface area contributed by atoms with Crippen molar-refractivity contribution in [1.82, 2.24) is 45.0 Å². The summed E-state index contributed by atoms with van der Waals surface area (Å²) < 4.78 is 76.1. The number of carbonyl (C=O) groups is 4. The second-order valence-corrected chi connectivity index (χ2v) is 24.1. The summed E-state index contributed by atoms with van der Waals surface area (Å²) in [6, 6.07) is 11.8. The van der Waals surface area contributed by atoms with Crippen molar-refractivity contribution in [2.24, 2.45) is 17.3 Å². The number of methoxy groups -OCH3 is 1. The van der Waals surface area contributed by atoms with Crippen LogP contribution < -0.4 is 10.6 Å². The molecule has 1 saturated heterocycles. The minimum atomic E-state index is -0.296. The molecule has 1 aromatic carbocycles. The van der Waals surface area contributed by atoms with Crippen LogP contribution >= 0.6 is 0 Å². The van der Waals surface area contributed by atoms with Crippen molar-refractivity contribution in [1.29, 1.82) is 0 Å². The van der Waals surface area contributed by atoms with Crippen LogP contribution in [0, 0.1) is 24.2 Å². The molecule has 26 heteroatoms. The fourth-order valence-corrected chi connectivity index (χ4v) is 13.4. The lowest BCUT2D eigenvalue weighted by molar-refractivity contribution is -0.295. The van der Waals surface area contributed by atoms with Crippen molar-refractivity contribution in [3.05, 3.63) is 65.0 Å². The van der Waals surface area contributed by atoms with Crippen molar-refractivity contribution in [2.45, 2.75) is 135 Å². The van der Waals surface area contributed by atoms with Crippen molar-refractivity contribution in [2.75, 3.05) is 179 Å². The van der Waals surface area contributed by atoms with Gasteiger partial charge in [-0.15, -0.1) is 5.10 Å². The molecule has 0 radical (unpaired) electrons. The topological polar surface area (TPSA) is 267 Å². The van der Waals surface area contributed by atoms with Crippen LogP contribution in [0.4, 0.5) is 4.79 Å². The van der Waals surface area contributed by atoms with Crippen LogP contribution in [-0.4, -0.2) is 249 Å². The van der Waals surface area contributed by atoms with E-state index in [-0.39, 0.29) is 41.6 Å². The molecule has 0 bridgehead atoms. The molecule has 4 unspecified atom stereocenters. The smallest absolute Gasteiger partial charge is 0.409 e. The van der Waals surface area contributed by atoms with Gasteiger partial charge < -0.3 is 81.7 Å². The molecule has 92 heavy (non-hydrogen) atoms. The number of ether oxygens (including phenoxy) is 13. The summed E-state index contributed by atoms with van der Waals surface area (Å²) in [5.74, 6) is 1.17. The number of carbonyl (C=O) groups excluding carboxylic acids is 4. The molecule has 5 atom stereocenters. The number of amides is 3. The first-order valence-electron chi connectivity index (χ1n) is 33.8. The summed E-state index contributed by atoms with van der Waals surface area (Å²) in [6.45, 7) is 18.0. The Labute approximate surface area is 543 Å². The second-order valence-electron chi connectivity index (χ2n) is 24.1. The lowest BCUT2D eigenvalue weighted by Crippen LogP contribution is -2.85. The zero-order chi connectivity index (χ0) is 64.4. The first-order valence-corrected chi connectivity index (χ1v) is 33.8. The fourth-order valence-electron chi connectivity index (χ4n) is 13.4. The molecule has 8 rings (SSSR count). The molecule has 4 heterocycles. The molecule has 1 spiro atoms. The second kappa shape index (κ2) is 41.0. The van der Waals surface area contributed by atoms with Crippen LogP contribution in [0.2, 0.25) is 0 Å². The summed E-state index contributed by atoms with van der Waals surface area (Å²) in [6.07, 6.45) is 11.4. The summed E-state index contributed by atoms with van der Waals surface area (Å²) in [4.78, 5) is 60.1. The average Bonchev–Trinajstić information content (AvgIpc) is 0.865. The number of rotatable bonds is 51. The Balaban J connectivity index is 0.544. The van der Waals surface area contributed by atoms with E-state index in [0.29, 0.717) is 247 Å². The fraction of sp³-hybridized carbons (Fsp3) is 0.773. The van der Waals surface area contributed by atoms with Crippen LogP contribution in [0.5, 0.6) is 0 Å². The Bertz CT molecular complexity index is 2580. The number of Topliss-reactive ketones (excluding diaryl/α,β-unsaturated/α-hetero) is 1. The van der Waals surface area contributed by atoms with Gasteiger partial charge in [-0.25, -0.2) is 14.5 Å². The highest BCUT2D eigenvalue weighted by Crippen LogP contribution is 2.73. The van der Waals surface area contributed by atoms with Gasteiger partial charge in [0.15, 0.2) is 0 Å². The summed E-state index contributed by atoms with van der Waals surface area (Å²) in [5.41, 5.74) is 4.44. The molecule has 5 aliphatic rings. The SMILES string of the molecule is CCCC(=O)CCOCCOCCOCCOCCOCCOCCOCCOCCn1cc(COCCOCCOCCOCCNC(=O)C2CCC(C(=O)N[C@@H](CCN3C4CCC45C3CC5n3c(C)nc4c3CCN(C(=O)OC)C4)c3ccccc3)CC2)nn1. The van der Waals surface area contributed by atoms with Gasteiger partial charge in [-0.05, 0) is 70.3 Å². The largest absolute Gasteiger partial charge is 0.453 e. The summed E-state index contributed by atoms with van der Waals surface area (Å²) in [7, 11) is 1.43. The molecule has 3 aliphatic carbocycles. The van der Waals surface area contributed by atoms with Gasteiger partial charge in [-0.2, -0.15) is 0 Å². The Hall–Kier alpha value is -5.07. The molecule has 2 aliphatic heterocycles. The number of aromatic nitrogens is 5. The van der Waals surface area contributed by atoms with Crippen LogP contribution in [0.1, 0.15) is 118 Å². The van der Waals surface area contributed by atoms with E-state index in [4.69, 9.17) is 66.6 Å². The number of hydrogen-bond donors (Lipinski definition) is 2. The Morgan fingerprint density at radius 2 is 1.16 bits per heavy atom. The minimum Gasteiger partial charge on any atom is -0.453 e. The first-order chi connectivity index (χ1) is 45.2. The van der Waals surface area contributed by atoms with Gasteiger partial charge >= 0.3 is 6.09 Å². The van der Waals surface area contributed by atoms with E-state index >= 15 is 0 Å². The molecular formula is C66H105N9O17. The van der Waals surface area contributed by atoms with E-state index in [1.54, 1.807) is 9.58 Å². The highest BCUT2D eigenvalue weighted by molar-refractivity contribution is 5.81. The van der Waals surface area contributed by atoms with E-state index in [1.165, 1.54) is 25.6 Å². The Morgan fingerprint density at radius 3 is 1.71 bits per heavy atom. The van der Waals surface area contributed by atoms with E-state index in [1.807, 2.05) is 31.3 Å². The average molecular weight is 1300 g/mol. The standard InChI is InChI=1S/C66H105N9O17/c1-4-8-56(76)18-24-81-27-30-84-33-35-87-37-39-89-41-42-90-40-38-88-36-34-86-32-29-83-26-23-73-48-55(70-71-73)50-92-46-45-91-44-43-85-31-28-82-25-20-67-63(77)53-11-13-54(14-12-53)64(78)69-57(52-9-6-5-7-10-52)16-22-74-60-15-19-66(60)61(74)47-62(66)75-51(2)68-58-49-72(65(79)80-3)21-17-59(58)75/h5-7,9-10,48,53-54,57,60-62H,4,8,11-47,49-50H2,1-3H3,(H,67,77)(H,69,78)/t53?,54?,57-,60?,61?,62?,66?/m0/s1. The predicted molar refractivity (Wildman–Crippen MR) is 337 cm³/mol. The van der Waals surface area contributed by atoms with Gasteiger partial charge in [0.05, 0.1) is 197 Å². The monoisotopic (exact) mass is 1300 g/mol. The van der Waals surface area contributed by atoms with Crippen LogP contribution in [-0.2, 0) is 102 Å². The van der Waals surface area contributed by atoms with Crippen LogP contribution in [0.3, 0.4) is 0 Å². The highest BCUT2D eigenvalue weighted by Gasteiger charge is 2.75. The summed E-state index contributed by atoms with van der Waals surface area (Å²) in [5, 5.41) is 14.8. The zero-order valence-corrected chi connectivity index (χ0v) is 55.0. The molecule has 3 aromatic rings. The van der Waals surface area contributed by atoms with Crippen LogP contribution in [0.25, 0.3) is 0 Å². The number of benzene rings is 1. The molecule has 26 nitrogen and oxygen atoms in total. The maximum absolute atomic E-state index is 13.9. The lowest BCUT2D eigenvalue weighted by atomic mass is 9.40. The van der Waals surface area contributed by atoms with Gasteiger partial charge in [0.25, 0.3) is 0 Å². The third-order valence-corrected chi connectivity index (χ3v) is 18.2. The van der Waals surface area contributed by atoms with Crippen molar-refractivity contribution < 1.29 is 80.8 Å². The molecule has 516 valence electrons. The van der Waals surface area contributed by atoms with Gasteiger partial charge in [0.2, 0.25) is 11.8 Å². The minimum absolute atomic E-state index is 0.0236. The number of nitrogens with one attached hydrogen (secondary N) is 2. The molecule has 3 saturated carbocycles. The van der Waals surface area contributed by atoms with Gasteiger partial charge in [0.1, 0.15) is 17.3 Å². The number of ketones is 1. The number of piperidine rings is 2. The quantitative estimate of drug-likeness (QED) is 0.0703. The normalized spacial score (nSPS) is 21.1. The van der Waals surface area contributed by atoms with Crippen molar-refractivity contribution in [3.63, 3.8) is 0 Å². The van der Waals surface area contributed by atoms with Crippen molar-refractivity contribution >= 4 is 23.7 Å². The lowest BCUT2D eigenvalue weighted by Gasteiger charge is -2.80. The third-order valence-electron chi connectivity index (χ3n) is 18.2. The Morgan fingerprint density at radius 1 is 0.620 bits per heavy atom. The molecule has 3 amide bonds. The van der Waals surface area contributed by atoms with Crippen molar-refractivity contribution in [3.8, 4) is 0 Å². The number of likely N-dealkylation sites (tertiary alicyclic amines) is 1. The zero-order valence-electron chi connectivity index (χ0n) is 55.0. The highest BCUT2D eigenvalue weighted by atomic mass is 16.6. The van der Waals surface area contributed by atoms with E-state index < -0.39 is 0 Å². The number of fused-ring (bicyclic) bond motifs is 1. The van der Waals surface area contributed by atoms with E-state index in [2.05, 4.69) is 49.5 Å². The maximum Gasteiger partial charge on any atom is 0.409 e. The Kier molecular flexibility index (Phi) is 32.4. The van der Waals surface area contributed by atoms with E-state index in [9.17, 15) is 19.2 Å². The number of hydrogen-bond acceptors (Lipinski definition) is 21. The van der Waals surface area contributed by atoms with Gasteiger partial charge in [-0.1, -0.05) is 42.5 Å². The maximum atomic E-state index is 13.9. The molecular weight excluding hydrogens is 1190 g/mol. The van der Waals surface area contributed by atoms with Crippen LogP contribution in [0.15, 0.2) is 36.5 Å². The number of nitrogens with zero attached hydrogens (tertiary/aromatic N) is 7. The third kappa shape index (κ3) is 22.5. The number of imidazole rings is 1. The molecule has 2 aromatic heterocycles. The van der Waals surface area contributed by atoms with E-state index in [0.717, 1.165) is 55.0 Å². The van der Waals surface area contributed by atoms with Gasteiger partial charge in [0, 0.05) is 80.0 Å². The molecule has 2 N–H and O–H groups in total. The first kappa shape index (κ1) is 72.8.